The molecule has 0 radical (unpaired) electrons. The van der Waals surface area contributed by atoms with Crippen molar-refractivity contribution in [1.29, 1.82) is 0 Å². The number of hydrogen-bond donors (Lipinski definition) is 2. The molecule has 2 aliphatic heterocycles. The molecule has 2 fully saturated rings. The molecule has 2 aromatic rings. The highest BCUT2D eigenvalue weighted by Gasteiger charge is 2.34. The highest BCUT2D eigenvalue weighted by molar-refractivity contribution is 5.96. The predicted molar refractivity (Wildman–Crippen MR) is 93.4 cm³/mol. The average Bonchev–Trinajstić information content (AvgIpc) is 3.07. The molecule has 1 aromatic heterocycles. The lowest BCUT2D eigenvalue weighted by Crippen LogP contribution is -2.48. The molecule has 132 valence electrons. The molecule has 25 heavy (non-hydrogen) atoms. The molecule has 2 atom stereocenters. The molecule has 2 N–H and O–H groups in total. The van der Waals surface area contributed by atoms with E-state index in [9.17, 15) is 9.18 Å². The number of piperidine rings is 1. The van der Waals surface area contributed by atoms with Gasteiger partial charge in [-0.05, 0) is 63.8 Å². The Bertz CT molecular complexity index is 787. The maximum Gasteiger partial charge on any atom is 0.255 e. The van der Waals surface area contributed by atoms with E-state index in [1.54, 1.807) is 16.8 Å². The van der Waals surface area contributed by atoms with Crippen molar-refractivity contribution in [2.45, 2.75) is 57.7 Å². The van der Waals surface area contributed by atoms with E-state index < -0.39 is 0 Å². The van der Waals surface area contributed by atoms with Crippen molar-refractivity contribution in [1.82, 2.24) is 20.4 Å². The van der Waals surface area contributed by atoms with Crippen LogP contribution in [0.4, 0.5) is 4.39 Å². The number of fused-ring (bicyclic) bond motifs is 2. The minimum absolute atomic E-state index is 0.0605. The number of amides is 1. The number of aryl methyl sites for hydroxylation is 1. The Balaban J connectivity index is 1.55. The number of carbonyl (C=O) groups excluding carboxylic acids is 1. The molecular formula is C19H23FN4O. The molecule has 5 nitrogen and oxygen atoms in total. The predicted octanol–water partition coefficient (Wildman–Crippen LogP) is 2.64. The lowest BCUT2D eigenvalue weighted by atomic mass is 9.99. The first-order valence-corrected chi connectivity index (χ1v) is 8.90. The van der Waals surface area contributed by atoms with Gasteiger partial charge in [0.2, 0.25) is 0 Å². The van der Waals surface area contributed by atoms with Crippen LogP contribution in [0.25, 0.3) is 5.69 Å². The van der Waals surface area contributed by atoms with Crippen LogP contribution < -0.4 is 10.6 Å². The van der Waals surface area contributed by atoms with Gasteiger partial charge >= 0.3 is 0 Å². The van der Waals surface area contributed by atoms with Crippen LogP contribution in [0.1, 0.15) is 47.4 Å². The topological polar surface area (TPSA) is 59.0 Å². The third-order valence-corrected chi connectivity index (χ3v) is 5.40. The minimum atomic E-state index is -0.288. The van der Waals surface area contributed by atoms with Gasteiger partial charge in [-0.25, -0.2) is 9.07 Å². The van der Waals surface area contributed by atoms with Gasteiger partial charge in [-0.3, -0.25) is 4.79 Å². The molecule has 3 heterocycles. The van der Waals surface area contributed by atoms with Crippen molar-refractivity contribution < 1.29 is 9.18 Å². The Morgan fingerprint density at radius 1 is 1.20 bits per heavy atom. The highest BCUT2D eigenvalue weighted by Crippen LogP contribution is 2.27. The van der Waals surface area contributed by atoms with Gasteiger partial charge in [-0.1, -0.05) is 0 Å². The summed E-state index contributed by atoms with van der Waals surface area (Å²) in [5.74, 6) is -0.349. The highest BCUT2D eigenvalue weighted by atomic mass is 19.1. The van der Waals surface area contributed by atoms with Crippen LogP contribution in [0.2, 0.25) is 0 Å². The quantitative estimate of drug-likeness (QED) is 0.901. The van der Waals surface area contributed by atoms with E-state index in [-0.39, 0.29) is 17.8 Å². The summed E-state index contributed by atoms with van der Waals surface area (Å²) >= 11 is 0. The van der Waals surface area contributed by atoms with Crippen molar-refractivity contribution in [3.63, 3.8) is 0 Å². The lowest BCUT2D eigenvalue weighted by Gasteiger charge is -2.29. The first-order chi connectivity index (χ1) is 12.0. The van der Waals surface area contributed by atoms with Crippen molar-refractivity contribution in [3.05, 3.63) is 47.0 Å². The fourth-order valence-corrected chi connectivity index (χ4v) is 4.24. The second kappa shape index (κ2) is 6.26. The molecule has 1 aromatic carbocycles. The molecule has 2 aliphatic rings. The van der Waals surface area contributed by atoms with E-state index in [1.807, 2.05) is 13.8 Å². The zero-order valence-electron chi connectivity index (χ0n) is 14.6. The zero-order chi connectivity index (χ0) is 17.6. The van der Waals surface area contributed by atoms with Crippen LogP contribution in [0.5, 0.6) is 0 Å². The van der Waals surface area contributed by atoms with E-state index in [2.05, 4.69) is 15.7 Å². The van der Waals surface area contributed by atoms with E-state index >= 15 is 0 Å². The second-order valence-corrected chi connectivity index (χ2v) is 7.21. The van der Waals surface area contributed by atoms with Gasteiger partial charge in [-0.15, -0.1) is 0 Å². The van der Waals surface area contributed by atoms with Gasteiger partial charge in [0.05, 0.1) is 22.6 Å². The second-order valence-electron chi connectivity index (χ2n) is 7.21. The summed E-state index contributed by atoms with van der Waals surface area (Å²) in [6, 6.07) is 7.43. The molecule has 1 amide bonds. The van der Waals surface area contributed by atoms with Crippen molar-refractivity contribution in [2.24, 2.45) is 0 Å². The van der Waals surface area contributed by atoms with Crippen molar-refractivity contribution >= 4 is 5.91 Å². The van der Waals surface area contributed by atoms with Crippen LogP contribution in [0.15, 0.2) is 24.3 Å². The fraction of sp³-hybridized carbons (Fsp3) is 0.474. The summed E-state index contributed by atoms with van der Waals surface area (Å²) in [5.41, 5.74) is 2.84. The van der Waals surface area contributed by atoms with Crippen LogP contribution in [0, 0.1) is 19.7 Å². The van der Waals surface area contributed by atoms with E-state index in [0.29, 0.717) is 23.3 Å². The van der Waals surface area contributed by atoms with Gasteiger partial charge in [0.25, 0.3) is 5.91 Å². The monoisotopic (exact) mass is 342 g/mol. The summed E-state index contributed by atoms with van der Waals surface area (Å²) in [6.45, 7) is 3.72. The molecular weight excluding hydrogens is 319 g/mol. The number of rotatable bonds is 3. The minimum Gasteiger partial charge on any atom is -0.349 e. The largest absolute Gasteiger partial charge is 0.349 e. The molecule has 0 aliphatic carbocycles. The Labute approximate surface area is 146 Å². The molecule has 0 saturated carbocycles. The van der Waals surface area contributed by atoms with E-state index in [4.69, 9.17) is 0 Å². The summed E-state index contributed by atoms with van der Waals surface area (Å²) in [4.78, 5) is 12.8. The summed E-state index contributed by atoms with van der Waals surface area (Å²) < 4.78 is 14.8. The first-order valence-electron chi connectivity index (χ1n) is 8.90. The zero-order valence-corrected chi connectivity index (χ0v) is 14.6. The molecule has 2 saturated heterocycles. The third-order valence-electron chi connectivity index (χ3n) is 5.40. The Morgan fingerprint density at radius 2 is 1.84 bits per heavy atom. The van der Waals surface area contributed by atoms with Gasteiger partial charge in [0.15, 0.2) is 0 Å². The number of halogens is 1. The molecule has 4 rings (SSSR count). The summed E-state index contributed by atoms with van der Waals surface area (Å²) in [6.07, 6.45) is 4.40. The molecule has 0 spiro atoms. The van der Waals surface area contributed by atoms with Crippen LogP contribution in [-0.4, -0.2) is 33.8 Å². The maximum absolute atomic E-state index is 13.1. The fourth-order valence-electron chi connectivity index (χ4n) is 4.24. The van der Waals surface area contributed by atoms with Gasteiger partial charge in [0, 0.05) is 18.1 Å². The van der Waals surface area contributed by atoms with Crippen molar-refractivity contribution in [3.8, 4) is 5.69 Å². The molecule has 2 bridgehead atoms. The Morgan fingerprint density at radius 3 is 2.48 bits per heavy atom. The number of carbonyl (C=O) groups is 1. The number of aromatic nitrogens is 2. The van der Waals surface area contributed by atoms with Gasteiger partial charge in [0.1, 0.15) is 5.82 Å². The standard InChI is InChI=1S/C19H23FN4O/c1-11-18(12(2)24(23-11)17-7-3-13(20)4-8-17)19(25)22-16-9-14-5-6-15(10-16)21-14/h3-4,7-8,14-16,21H,5-6,9-10H2,1-2H3,(H,22,25). The normalized spacial score (nSPS) is 25.2. The lowest BCUT2D eigenvalue weighted by molar-refractivity contribution is 0.0922. The Kier molecular flexibility index (Phi) is 4.07. The summed E-state index contributed by atoms with van der Waals surface area (Å²) in [5, 5.41) is 11.3. The molecule has 6 heteroatoms. The van der Waals surface area contributed by atoms with Crippen LogP contribution in [-0.2, 0) is 0 Å². The maximum atomic E-state index is 13.1. The summed E-state index contributed by atoms with van der Waals surface area (Å²) in [7, 11) is 0. The number of nitrogens with one attached hydrogen (secondary N) is 2. The van der Waals surface area contributed by atoms with E-state index in [1.165, 1.54) is 25.0 Å². The SMILES string of the molecule is Cc1nn(-c2ccc(F)cc2)c(C)c1C(=O)NC1CC2CCC(C1)N2. The van der Waals surface area contributed by atoms with Gasteiger partial charge < -0.3 is 10.6 Å². The number of nitrogens with zero attached hydrogens (tertiary/aromatic N) is 2. The van der Waals surface area contributed by atoms with Crippen molar-refractivity contribution in [2.75, 3.05) is 0 Å². The third kappa shape index (κ3) is 3.06. The number of benzene rings is 1. The first kappa shape index (κ1) is 16.3. The average molecular weight is 342 g/mol. The molecule has 2 unspecified atom stereocenters. The van der Waals surface area contributed by atoms with Crippen LogP contribution in [0.3, 0.4) is 0 Å². The smallest absolute Gasteiger partial charge is 0.255 e. The van der Waals surface area contributed by atoms with Crippen LogP contribution >= 0.6 is 0 Å². The van der Waals surface area contributed by atoms with E-state index in [0.717, 1.165) is 24.2 Å². The van der Waals surface area contributed by atoms with Gasteiger partial charge in [-0.2, -0.15) is 5.10 Å². The Hall–Kier alpha value is -2.21. The number of hydrogen-bond acceptors (Lipinski definition) is 3.